The highest BCUT2D eigenvalue weighted by molar-refractivity contribution is 6.30. The third kappa shape index (κ3) is 3.82. The van der Waals surface area contributed by atoms with Crippen molar-refractivity contribution in [1.82, 2.24) is 4.90 Å². The zero-order valence-electron chi connectivity index (χ0n) is 10.6. The summed E-state index contributed by atoms with van der Waals surface area (Å²) in [6.45, 7) is 1.96. The van der Waals surface area contributed by atoms with Crippen molar-refractivity contribution in [3.8, 4) is 0 Å². The minimum Gasteiger partial charge on any atom is -0.409 e. The van der Waals surface area contributed by atoms with Crippen molar-refractivity contribution in [3.63, 3.8) is 0 Å². The zero-order chi connectivity index (χ0) is 14.6. The molecule has 1 unspecified atom stereocenters. The summed E-state index contributed by atoms with van der Waals surface area (Å²) >= 11 is 5.55. The van der Waals surface area contributed by atoms with Gasteiger partial charge in [-0.1, -0.05) is 23.7 Å². The Bertz CT molecular complexity index is 508. The predicted molar refractivity (Wildman–Crippen MR) is 70.9 cm³/mol. The first-order valence-electron chi connectivity index (χ1n) is 5.54. The summed E-state index contributed by atoms with van der Waals surface area (Å²) in [5.41, 5.74) is 5.62. The maximum Gasteiger partial charge on any atom is 0.253 e. The Balaban J connectivity index is 2.79. The zero-order valence-corrected chi connectivity index (χ0v) is 11.4. The highest BCUT2D eigenvalue weighted by Crippen LogP contribution is 2.16. The van der Waals surface area contributed by atoms with Crippen molar-refractivity contribution < 1.29 is 14.4 Å². The molecule has 1 rings (SSSR count). The molecule has 0 saturated heterocycles. The number of nitrogens with two attached hydrogens (primary N) is 1. The SMILES string of the molecule is CC(CN(C)C(=O)c1ccc(Cl)c(F)c1)/C(N)=N/O. The number of rotatable bonds is 4. The molecule has 0 radical (unpaired) electrons. The van der Waals surface area contributed by atoms with Gasteiger partial charge in [-0.15, -0.1) is 0 Å². The van der Waals surface area contributed by atoms with Gasteiger partial charge in [0.2, 0.25) is 0 Å². The van der Waals surface area contributed by atoms with Crippen LogP contribution in [-0.2, 0) is 0 Å². The Morgan fingerprint density at radius 2 is 2.26 bits per heavy atom. The van der Waals surface area contributed by atoms with E-state index in [2.05, 4.69) is 5.16 Å². The van der Waals surface area contributed by atoms with E-state index in [9.17, 15) is 9.18 Å². The minimum absolute atomic E-state index is 0.0296. The van der Waals surface area contributed by atoms with Gasteiger partial charge in [-0.2, -0.15) is 0 Å². The summed E-state index contributed by atoms with van der Waals surface area (Å²) in [5, 5.41) is 11.4. The molecule has 5 nitrogen and oxygen atoms in total. The van der Waals surface area contributed by atoms with Gasteiger partial charge < -0.3 is 15.8 Å². The van der Waals surface area contributed by atoms with Crippen LogP contribution in [0.5, 0.6) is 0 Å². The molecular weight excluding hydrogens is 273 g/mol. The fourth-order valence-electron chi connectivity index (χ4n) is 1.54. The van der Waals surface area contributed by atoms with Crippen molar-refractivity contribution in [2.45, 2.75) is 6.92 Å². The molecule has 0 bridgehead atoms. The van der Waals surface area contributed by atoms with Gasteiger partial charge in [0.15, 0.2) is 0 Å². The molecule has 3 N–H and O–H groups in total. The maximum atomic E-state index is 13.3. The molecule has 0 aliphatic carbocycles. The molecule has 0 saturated carbocycles. The van der Waals surface area contributed by atoms with Crippen LogP contribution in [-0.4, -0.2) is 35.4 Å². The second-order valence-corrected chi connectivity index (χ2v) is 4.65. The Hall–Kier alpha value is -1.82. The maximum absolute atomic E-state index is 13.3. The van der Waals surface area contributed by atoms with Crippen LogP contribution in [0.3, 0.4) is 0 Å². The van der Waals surface area contributed by atoms with Crippen LogP contribution in [0, 0.1) is 11.7 Å². The first kappa shape index (κ1) is 15.2. The summed E-state index contributed by atoms with van der Waals surface area (Å²) < 4.78 is 13.3. The number of amides is 1. The molecular formula is C12H15ClFN3O2. The number of nitrogens with zero attached hydrogens (tertiary/aromatic N) is 2. The lowest BCUT2D eigenvalue weighted by Crippen LogP contribution is -2.36. The van der Waals surface area contributed by atoms with Crippen LogP contribution in [0.25, 0.3) is 0 Å². The first-order valence-corrected chi connectivity index (χ1v) is 5.92. The van der Waals surface area contributed by atoms with Gasteiger partial charge >= 0.3 is 0 Å². The molecule has 19 heavy (non-hydrogen) atoms. The van der Waals surface area contributed by atoms with Gasteiger partial charge in [-0.25, -0.2) is 4.39 Å². The molecule has 0 aliphatic heterocycles. The monoisotopic (exact) mass is 287 g/mol. The van der Waals surface area contributed by atoms with E-state index < -0.39 is 5.82 Å². The number of carbonyl (C=O) groups is 1. The normalized spacial score (nSPS) is 13.2. The van der Waals surface area contributed by atoms with Crippen LogP contribution in [0.2, 0.25) is 5.02 Å². The molecule has 1 amide bonds. The molecule has 1 aromatic carbocycles. The summed E-state index contributed by atoms with van der Waals surface area (Å²) in [4.78, 5) is 13.4. The molecule has 1 atom stereocenters. The minimum atomic E-state index is -0.648. The fraction of sp³-hybridized carbons (Fsp3) is 0.333. The lowest BCUT2D eigenvalue weighted by atomic mass is 10.1. The van der Waals surface area contributed by atoms with Gasteiger partial charge in [0.05, 0.1) is 5.02 Å². The highest BCUT2D eigenvalue weighted by Gasteiger charge is 2.17. The van der Waals surface area contributed by atoms with Crippen LogP contribution in [0.15, 0.2) is 23.4 Å². The van der Waals surface area contributed by atoms with Gasteiger partial charge in [-0.3, -0.25) is 4.79 Å². The molecule has 0 spiro atoms. The molecule has 0 aromatic heterocycles. The third-order valence-electron chi connectivity index (χ3n) is 2.68. The lowest BCUT2D eigenvalue weighted by Gasteiger charge is -2.21. The quantitative estimate of drug-likeness (QED) is 0.384. The summed E-state index contributed by atoms with van der Waals surface area (Å²) in [6, 6.07) is 3.85. The number of amidine groups is 1. The molecule has 0 fully saturated rings. The van der Waals surface area contributed by atoms with E-state index in [-0.39, 0.29) is 34.8 Å². The largest absolute Gasteiger partial charge is 0.409 e. The van der Waals surface area contributed by atoms with E-state index in [4.69, 9.17) is 22.5 Å². The highest BCUT2D eigenvalue weighted by atomic mass is 35.5. The van der Waals surface area contributed by atoms with E-state index in [1.807, 2.05) is 0 Å². The van der Waals surface area contributed by atoms with Crippen LogP contribution < -0.4 is 5.73 Å². The molecule has 7 heteroatoms. The summed E-state index contributed by atoms with van der Waals surface area (Å²) in [5.74, 6) is -1.29. The first-order chi connectivity index (χ1) is 8.86. The third-order valence-corrected chi connectivity index (χ3v) is 2.99. The number of oxime groups is 1. The number of halogens is 2. The van der Waals surface area contributed by atoms with Gasteiger partial charge in [0.25, 0.3) is 5.91 Å². The van der Waals surface area contributed by atoms with Crippen molar-refractivity contribution in [2.75, 3.05) is 13.6 Å². The van der Waals surface area contributed by atoms with E-state index in [0.717, 1.165) is 6.07 Å². The number of hydrogen-bond donors (Lipinski definition) is 2. The van der Waals surface area contributed by atoms with E-state index >= 15 is 0 Å². The molecule has 104 valence electrons. The van der Waals surface area contributed by atoms with E-state index in [0.29, 0.717) is 0 Å². The Morgan fingerprint density at radius 3 is 2.79 bits per heavy atom. The molecule has 0 aliphatic rings. The van der Waals surface area contributed by atoms with Gasteiger partial charge in [0.1, 0.15) is 11.7 Å². The second-order valence-electron chi connectivity index (χ2n) is 4.24. The molecule has 1 aromatic rings. The smallest absolute Gasteiger partial charge is 0.253 e. The molecule has 0 heterocycles. The average molecular weight is 288 g/mol. The predicted octanol–water partition coefficient (Wildman–Crippen LogP) is 1.93. The lowest BCUT2D eigenvalue weighted by molar-refractivity contribution is 0.0785. The van der Waals surface area contributed by atoms with Crippen molar-refractivity contribution in [2.24, 2.45) is 16.8 Å². The van der Waals surface area contributed by atoms with E-state index in [1.54, 1.807) is 14.0 Å². The number of benzene rings is 1. The van der Waals surface area contributed by atoms with Crippen molar-refractivity contribution in [3.05, 3.63) is 34.6 Å². The number of carbonyl (C=O) groups excluding carboxylic acids is 1. The Morgan fingerprint density at radius 1 is 1.63 bits per heavy atom. The fourth-order valence-corrected chi connectivity index (χ4v) is 1.65. The summed E-state index contributed by atoms with van der Waals surface area (Å²) in [6.07, 6.45) is 0. The Kier molecular flexibility index (Phi) is 5.11. The average Bonchev–Trinajstić information content (AvgIpc) is 2.39. The summed E-state index contributed by atoms with van der Waals surface area (Å²) in [7, 11) is 1.55. The topological polar surface area (TPSA) is 78.9 Å². The van der Waals surface area contributed by atoms with Crippen molar-refractivity contribution in [1.29, 1.82) is 0 Å². The van der Waals surface area contributed by atoms with Crippen LogP contribution in [0.4, 0.5) is 4.39 Å². The van der Waals surface area contributed by atoms with Gasteiger partial charge in [0, 0.05) is 25.1 Å². The van der Waals surface area contributed by atoms with Crippen molar-refractivity contribution >= 4 is 23.3 Å². The van der Waals surface area contributed by atoms with Crippen LogP contribution in [0.1, 0.15) is 17.3 Å². The number of hydrogen-bond acceptors (Lipinski definition) is 3. The van der Waals surface area contributed by atoms with E-state index in [1.165, 1.54) is 17.0 Å². The van der Waals surface area contributed by atoms with Crippen LogP contribution >= 0.6 is 11.6 Å². The second kappa shape index (κ2) is 6.38. The van der Waals surface area contributed by atoms with Gasteiger partial charge in [-0.05, 0) is 18.2 Å². The Labute approximate surface area is 115 Å². The standard InChI is InChI=1S/C12H15ClFN3O2/c1-7(11(15)16-19)6-17(2)12(18)8-3-4-9(13)10(14)5-8/h3-5,7,19H,6H2,1-2H3,(H2,15,16).